The number of furan rings is 1. The number of aromatic nitrogens is 3. The molecular formula is C27H18ClN3O. The van der Waals surface area contributed by atoms with Crippen molar-refractivity contribution in [2.75, 3.05) is 0 Å². The lowest BCUT2D eigenvalue weighted by Gasteiger charge is -2.13. The molecule has 0 unspecified atom stereocenters. The largest absolute Gasteiger partial charge is 0.456 e. The Kier molecular flexibility index (Phi) is 4.58. The van der Waals surface area contributed by atoms with E-state index in [4.69, 9.17) is 21.0 Å². The van der Waals surface area contributed by atoms with Gasteiger partial charge in [0.2, 0.25) is 5.28 Å². The van der Waals surface area contributed by atoms with Crippen LogP contribution < -0.4 is 0 Å². The van der Waals surface area contributed by atoms with E-state index in [1.165, 1.54) is 5.56 Å². The van der Waals surface area contributed by atoms with Crippen molar-refractivity contribution in [2.24, 2.45) is 0 Å². The van der Waals surface area contributed by atoms with Crippen LogP contribution in [0.2, 0.25) is 5.28 Å². The van der Waals surface area contributed by atoms with Gasteiger partial charge in [-0.2, -0.15) is 9.97 Å². The van der Waals surface area contributed by atoms with Crippen molar-refractivity contribution in [3.8, 4) is 22.5 Å². The minimum atomic E-state index is 0.166. The Morgan fingerprint density at radius 2 is 1.47 bits per heavy atom. The molecule has 5 aromatic rings. The number of halogens is 1. The molecule has 0 radical (unpaired) electrons. The van der Waals surface area contributed by atoms with Crippen LogP contribution in [-0.4, -0.2) is 15.0 Å². The third-order valence-corrected chi connectivity index (χ3v) is 5.93. The van der Waals surface area contributed by atoms with Crippen LogP contribution in [0.1, 0.15) is 23.6 Å². The number of benzene rings is 3. The Hall–Kier alpha value is -3.76. The molecule has 4 nitrogen and oxygen atoms in total. The fourth-order valence-corrected chi connectivity index (χ4v) is 4.44. The monoisotopic (exact) mass is 435 g/mol. The number of hydrogen-bond donors (Lipinski definition) is 0. The summed E-state index contributed by atoms with van der Waals surface area (Å²) in [5.41, 5.74) is 6.06. The molecule has 1 aliphatic carbocycles. The van der Waals surface area contributed by atoms with Crippen LogP contribution in [0.25, 0.3) is 39.1 Å². The Morgan fingerprint density at radius 3 is 2.38 bits per heavy atom. The summed E-state index contributed by atoms with van der Waals surface area (Å²) >= 11 is 6.36. The summed E-state index contributed by atoms with van der Waals surface area (Å²) in [7, 11) is 0. The molecule has 0 bridgehead atoms. The maximum absolute atomic E-state index is 6.36. The van der Waals surface area contributed by atoms with E-state index >= 15 is 0 Å². The summed E-state index contributed by atoms with van der Waals surface area (Å²) in [4.78, 5) is 13.7. The van der Waals surface area contributed by atoms with Gasteiger partial charge in [0.05, 0.1) is 5.57 Å². The lowest BCUT2D eigenvalue weighted by atomic mass is 9.95. The number of hydrogen-bond acceptors (Lipinski definition) is 4. The van der Waals surface area contributed by atoms with Gasteiger partial charge < -0.3 is 4.42 Å². The lowest BCUT2D eigenvalue weighted by molar-refractivity contribution is 0.590. The Morgan fingerprint density at radius 1 is 0.719 bits per heavy atom. The van der Waals surface area contributed by atoms with E-state index in [0.717, 1.165) is 51.8 Å². The standard InChI is InChI=1S/C27H18ClN3O/c28-27-30-25(19-11-6-10-18(16-19)17-8-2-1-3-9-17)29-26(31-27)22-14-7-13-21-20-12-4-5-15-23(20)32-24(21)22/h1-6,8-12,14-16H,7,13H2. The molecule has 0 atom stereocenters. The minimum Gasteiger partial charge on any atom is -0.456 e. The van der Waals surface area contributed by atoms with Crippen LogP contribution >= 0.6 is 11.6 Å². The number of nitrogens with zero attached hydrogens (tertiary/aromatic N) is 3. The van der Waals surface area contributed by atoms with Crippen LogP contribution in [-0.2, 0) is 6.42 Å². The summed E-state index contributed by atoms with van der Waals surface area (Å²) < 4.78 is 6.21. The van der Waals surface area contributed by atoms with Crippen LogP contribution in [0.15, 0.2) is 89.4 Å². The quantitative estimate of drug-likeness (QED) is 0.306. The predicted molar refractivity (Wildman–Crippen MR) is 127 cm³/mol. The smallest absolute Gasteiger partial charge is 0.226 e. The van der Waals surface area contributed by atoms with E-state index in [-0.39, 0.29) is 5.28 Å². The van der Waals surface area contributed by atoms with Crippen molar-refractivity contribution in [1.82, 2.24) is 15.0 Å². The van der Waals surface area contributed by atoms with Gasteiger partial charge in [-0.05, 0) is 47.7 Å². The first-order valence-electron chi connectivity index (χ1n) is 10.5. The van der Waals surface area contributed by atoms with Crippen molar-refractivity contribution < 1.29 is 4.42 Å². The molecule has 0 N–H and O–H groups in total. The maximum Gasteiger partial charge on any atom is 0.226 e. The van der Waals surface area contributed by atoms with E-state index < -0.39 is 0 Å². The summed E-state index contributed by atoms with van der Waals surface area (Å²) in [6.07, 6.45) is 3.95. The third-order valence-electron chi connectivity index (χ3n) is 5.76. The van der Waals surface area contributed by atoms with Gasteiger partial charge >= 0.3 is 0 Å². The van der Waals surface area contributed by atoms with Crippen LogP contribution in [0.4, 0.5) is 0 Å². The van der Waals surface area contributed by atoms with Crippen LogP contribution in [0.3, 0.4) is 0 Å². The molecule has 1 aliphatic rings. The van der Waals surface area contributed by atoms with Crippen molar-refractivity contribution in [2.45, 2.75) is 12.8 Å². The highest BCUT2D eigenvalue weighted by Crippen LogP contribution is 2.37. The second-order valence-electron chi connectivity index (χ2n) is 7.76. The van der Waals surface area contributed by atoms with E-state index in [1.807, 2.05) is 48.5 Å². The molecule has 0 saturated heterocycles. The van der Waals surface area contributed by atoms with E-state index in [1.54, 1.807) is 0 Å². The van der Waals surface area contributed by atoms with Crippen molar-refractivity contribution in [1.29, 1.82) is 0 Å². The van der Waals surface area contributed by atoms with Crippen LogP contribution in [0, 0.1) is 0 Å². The molecule has 0 amide bonds. The van der Waals surface area contributed by atoms with Gasteiger partial charge in [-0.3, -0.25) is 0 Å². The van der Waals surface area contributed by atoms with Gasteiger partial charge in [0.1, 0.15) is 11.3 Å². The summed E-state index contributed by atoms with van der Waals surface area (Å²) in [5, 5.41) is 1.31. The second-order valence-corrected chi connectivity index (χ2v) is 8.10. The summed E-state index contributed by atoms with van der Waals surface area (Å²) in [6.45, 7) is 0. The molecular weight excluding hydrogens is 418 g/mol. The van der Waals surface area contributed by atoms with E-state index in [9.17, 15) is 0 Å². The maximum atomic E-state index is 6.36. The molecule has 5 heteroatoms. The van der Waals surface area contributed by atoms with E-state index in [2.05, 4.69) is 46.4 Å². The van der Waals surface area contributed by atoms with Crippen molar-refractivity contribution in [3.63, 3.8) is 0 Å². The highest BCUT2D eigenvalue weighted by molar-refractivity contribution is 6.28. The average Bonchev–Trinajstić information content (AvgIpc) is 3.23. The number of rotatable bonds is 3. The lowest BCUT2D eigenvalue weighted by Crippen LogP contribution is -2.05. The second kappa shape index (κ2) is 7.74. The topological polar surface area (TPSA) is 51.8 Å². The molecule has 0 saturated carbocycles. The number of para-hydroxylation sites is 1. The Bertz CT molecular complexity index is 1490. The average molecular weight is 436 g/mol. The number of aryl methyl sites for hydroxylation is 1. The molecule has 2 heterocycles. The zero-order valence-corrected chi connectivity index (χ0v) is 17.9. The van der Waals surface area contributed by atoms with Gasteiger partial charge in [0, 0.05) is 16.5 Å². The molecule has 0 spiro atoms. The van der Waals surface area contributed by atoms with Crippen LogP contribution in [0.5, 0.6) is 0 Å². The Balaban J connectivity index is 1.45. The van der Waals surface area contributed by atoms with Gasteiger partial charge in [0.15, 0.2) is 11.6 Å². The first-order chi connectivity index (χ1) is 15.8. The van der Waals surface area contributed by atoms with Gasteiger partial charge in [-0.25, -0.2) is 4.98 Å². The molecule has 2 aromatic heterocycles. The Labute approximate surface area is 190 Å². The SMILES string of the molecule is Clc1nc(C2=CCCc3c2oc2ccccc32)nc(-c2cccc(-c3ccccc3)c2)n1. The molecule has 6 rings (SSSR count). The fourth-order valence-electron chi connectivity index (χ4n) is 4.28. The molecule has 0 aliphatic heterocycles. The minimum absolute atomic E-state index is 0.166. The summed E-state index contributed by atoms with van der Waals surface area (Å²) in [6, 6.07) is 26.5. The van der Waals surface area contributed by atoms with Gasteiger partial charge in [0.25, 0.3) is 0 Å². The van der Waals surface area contributed by atoms with Gasteiger partial charge in [-0.1, -0.05) is 72.8 Å². The first kappa shape index (κ1) is 19.0. The van der Waals surface area contributed by atoms with Crippen molar-refractivity contribution in [3.05, 3.63) is 107 Å². The number of allylic oxidation sites excluding steroid dienone is 1. The molecule has 32 heavy (non-hydrogen) atoms. The zero-order valence-electron chi connectivity index (χ0n) is 17.1. The van der Waals surface area contributed by atoms with E-state index in [0.29, 0.717) is 11.6 Å². The molecule has 3 aromatic carbocycles. The van der Waals surface area contributed by atoms with Gasteiger partial charge in [-0.15, -0.1) is 0 Å². The molecule has 0 fully saturated rings. The highest BCUT2D eigenvalue weighted by atomic mass is 35.5. The predicted octanol–water partition coefficient (Wildman–Crippen LogP) is 6.98. The first-order valence-corrected chi connectivity index (χ1v) is 10.9. The highest BCUT2D eigenvalue weighted by Gasteiger charge is 2.24. The molecule has 154 valence electrons. The normalized spacial score (nSPS) is 13.1. The zero-order chi connectivity index (χ0) is 21.5. The fraction of sp³-hybridized carbons (Fsp3) is 0.0741. The number of fused-ring (bicyclic) bond motifs is 3. The van der Waals surface area contributed by atoms with Crippen molar-refractivity contribution >= 4 is 28.1 Å². The third kappa shape index (κ3) is 3.29. The summed E-state index contributed by atoms with van der Waals surface area (Å²) in [5.74, 6) is 1.90.